The summed E-state index contributed by atoms with van der Waals surface area (Å²) in [5, 5.41) is 2.98. The summed E-state index contributed by atoms with van der Waals surface area (Å²) in [6.07, 6.45) is 1.96. The number of hydrogen-bond acceptors (Lipinski definition) is 1. The highest BCUT2D eigenvalue weighted by Gasteiger charge is 2.24. The third-order valence-corrected chi connectivity index (χ3v) is 4.64. The van der Waals surface area contributed by atoms with Crippen LogP contribution >= 0.6 is 0 Å². The van der Waals surface area contributed by atoms with Crippen molar-refractivity contribution in [3.63, 3.8) is 0 Å². The maximum absolute atomic E-state index is 13.0. The van der Waals surface area contributed by atoms with Gasteiger partial charge in [0.15, 0.2) is 6.67 Å². The molecule has 0 aromatic heterocycles. The van der Waals surface area contributed by atoms with Crippen LogP contribution in [0.1, 0.15) is 24.5 Å². The monoisotopic (exact) mass is 342 g/mol. The Morgan fingerprint density at radius 3 is 2.48 bits per heavy atom. The second-order valence-electron chi connectivity index (χ2n) is 6.56. The van der Waals surface area contributed by atoms with E-state index in [1.54, 1.807) is 0 Å². The highest BCUT2D eigenvalue weighted by molar-refractivity contribution is 5.89. The minimum Gasteiger partial charge on any atom is -0.314 e. The topological polar surface area (TPSA) is 36.8 Å². The van der Waals surface area contributed by atoms with Gasteiger partial charge in [-0.1, -0.05) is 31.2 Å². The maximum Gasteiger partial charge on any atom is 0.326 e. The standard InChI is InChI=1S/C20H24FN3O/c1-2-16-6-10-19(11-7-16)22-20(25)24-13-3-12-23(15-24)14-17-4-8-18(21)9-5-17/h4-11H,2-3,12-15H2,1H3,(H,22,25)/p+1. The molecule has 5 heteroatoms. The molecule has 0 saturated carbocycles. The van der Waals surface area contributed by atoms with E-state index in [1.165, 1.54) is 22.6 Å². The highest BCUT2D eigenvalue weighted by Crippen LogP contribution is 2.11. The molecule has 0 aliphatic carbocycles. The molecule has 1 unspecified atom stereocenters. The summed E-state index contributed by atoms with van der Waals surface area (Å²) in [6, 6.07) is 14.5. The smallest absolute Gasteiger partial charge is 0.314 e. The summed E-state index contributed by atoms with van der Waals surface area (Å²) in [6.45, 7) is 5.36. The number of nitrogens with one attached hydrogen (secondary N) is 2. The van der Waals surface area contributed by atoms with Crippen LogP contribution in [-0.2, 0) is 13.0 Å². The Labute approximate surface area is 148 Å². The Balaban J connectivity index is 1.56. The quantitative estimate of drug-likeness (QED) is 0.881. The lowest BCUT2D eigenvalue weighted by Crippen LogP contribution is -3.13. The molecular formula is C20H25FN3O+. The Bertz CT molecular complexity index is 700. The van der Waals surface area contributed by atoms with Crippen molar-refractivity contribution in [1.82, 2.24) is 4.90 Å². The second-order valence-corrected chi connectivity index (χ2v) is 6.56. The van der Waals surface area contributed by atoms with E-state index in [4.69, 9.17) is 0 Å². The van der Waals surface area contributed by atoms with Crippen molar-refractivity contribution in [2.45, 2.75) is 26.3 Å². The van der Waals surface area contributed by atoms with Crippen LogP contribution < -0.4 is 10.2 Å². The number of halogens is 1. The lowest BCUT2D eigenvalue weighted by Gasteiger charge is -2.32. The molecule has 25 heavy (non-hydrogen) atoms. The number of quaternary nitrogens is 1. The first kappa shape index (κ1) is 17.4. The van der Waals surface area contributed by atoms with E-state index >= 15 is 0 Å². The van der Waals surface area contributed by atoms with Gasteiger partial charge >= 0.3 is 6.03 Å². The fourth-order valence-corrected chi connectivity index (χ4v) is 3.18. The number of benzene rings is 2. The molecule has 1 atom stereocenters. The summed E-state index contributed by atoms with van der Waals surface area (Å²) in [5.41, 5.74) is 3.17. The molecule has 0 bridgehead atoms. The predicted octanol–water partition coefficient (Wildman–Crippen LogP) is 2.67. The number of rotatable bonds is 4. The molecule has 2 N–H and O–H groups in total. The summed E-state index contributed by atoms with van der Waals surface area (Å²) in [7, 11) is 0. The van der Waals surface area contributed by atoms with Gasteiger partial charge in [0.1, 0.15) is 12.4 Å². The molecule has 1 saturated heterocycles. The minimum atomic E-state index is -0.215. The maximum atomic E-state index is 13.0. The van der Waals surface area contributed by atoms with Crippen LogP contribution in [0.4, 0.5) is 14.9 Å². The molecule has 2 amide bonds. The van der Waals surface area contributed by atoms with Gasteiger partial charge in [0.05, 0.1) is 6.54 Å². The number of aryl methyl sites for hydroxylation is 1. The van der Waals surface area contributed by atoms with E-state index in [0.717, 1.165) is 43.7 Å². The fraction of sp³-hybridized carbons (Fsp3) is 0.350. The van der Waals surface area contributed by atoms with Gasteiger partial charge in [-0.05, 0) is 36.2 Å². The van der Waals surface area contributed by atoms with Crippen molar-refractivity contribution in [3.8, 4) is 0 Å². The van der Waals surface area contributed by atoms with Crippen LogP contribution in [0.15, 0.2) is 48.5 Å². The third kappa shape index (κ3) is 4.79. The number of carbonyl (C=O) groups is 1. The van der Waals surface area contributed by atoms with Gasteiger partial charge in [-0.15, -0.1) is 0 Å². The zero-order valence-corrected chi connectivity index (χ0v) is 14.6. The summed E-state index contributed by atoms with van der Waals surface area (Å²) in [5.74, 6) is -0.215. The molecule has 1 fully saturated rings. The van der Waals surface area contributed by atoms with Crippen LogP contribution in [0.2, 0.25) is 0 Å². The number of nitrogens with zero attached hydrogens (tertiary/aromatic N) is 1. The SMILES string of the molecule is CCc1ccc(NC(=O)N2CCC[NH+](Cc3ccc(F)cc3)C2)cc1. The summed E-state index contributed by atoms with van der Waals surface area (Å²) < 4.78 is 13.0. The van der Waals surface area contributed by atoms with E-state index in [1.807, 2.05) is 41.3 Å². The largest absolute Gasteiger partial charge is 0.326 e. The van der Waals surface area contributed by atoms with Gasteiger partial charge in [-0.3, -0.25) is 4.90 Å². The number of hydrogen-bond donors (Lipinski definition) is 2. The fourth-order valence-electron chi connectivity index (χ4n) is 3.18. The van der Waals surface area contributed by atoms with Crippen molar-refractivity contribution in [3.05, 3.63) is 65.5 Å². The van der Waals surface area contributed by atoms with Crippen molar-refractivity contribution in [2.24, 2.45) is 0 Å². The van der Waals surface area contributed by atoms with E-state index in [2.05, 4.69) is 12.2 Å². The molecular weight excluding hydrogens is 317 g/mol. The van der Waals surface area contributed by atoms with Gasteiger partial charge in [0, 0.05) is 24.2 Å². The number of amides is 2. The van der Waals surface area contributed by atoms with Crippen LogP contribution in [0.5, 0.6) is 0 Å². The molecule has 4 nitrogen and oxygen atoms in total. The van der Waals surface area contributed by atoms with E-state index in [0.29, 0.717) is 6.67 Å². The minimum absolute atomic E-state index is 0.0550. The first-order valence-corrected chi connectivity index (χ1v) is 8.87. The number of carbonyl (C=O) groups excluding carboxylic acids is 1. The lowest BCUT2D eigenvalue weighted by atomic mass is 10.1. The van der Waals surface area contributed by atoms with Crippen molar-refractivity contribution < 1.29 is 14.1 Å². The summed E-state index contributed by atoms with van der Waals surface area (Å²) in [4.78, 5) is 15.7. The average Bonchev–Trinajstić information content (AvgIpc) is 2.64. The van der Waals surface area contributed by atoms with Gasteiger partial charge in [-0.25, -0.2) is 9.18 Å². The molecule has 1 heterocycles. The van der Waals surface area contributed by atoms with E-state index in [9.17, 15) is 9.18 Å². The van der Waals surface area contributed by atoms with Crippen LogP contribution in [0, 0.1) is 5.82 Å². The molecule has 132 valence electrons. The van der Waals surface area contributed by atoms with Gasteiger partial charge in [0.2, 0.25) is 0 Å². The molecule has 2 aromatic carbocycles. The van der Waals surface area contributed by atoms with E-state index in [-0.39, 0.29) is 11.8 Å². The Morgan fingerprint density at radius 1 is 1.12 bits per heavy atom. The number of urea groups is 1. The molecule has 3 rings (SSSR count). The molecule has 1 aliphatic heterocycles. The molecule has 1 aliphatic rings. The van der Waals surface area contributed by atoms with Crippen molar-refractivity contribution in [1.29, 1.82) is 0 Å². The summed E-state index contributed by atoms with van der Waals surface area (Å²) >= 11 is 0. The zero-order valence-electron chi connectivity index (χ0n) is 14.6. The first-order valence-electron chi connectivity index (χ1n) is 8.87. The molecule has 0 spiro atoms. The lowest BCUT2D eigenvalue weighted by molar-refractivity contribution is -0.927. The third-order valence-electron chi connectivity index (χ3n) is 4.64. The predicted molar refractivity (Wildman–Crippen MR) is 97.0 cm³/mol. The van der Waals surface area contributed by atoms with Gasteiger partial charge in [-0.2, -0.15) is 0 Å². The Morgan fingerprint density at radius 2 is 1.80 bits per heavy atom. The van der Waals surface area contributed by atoms with Gasteiger partial charge in [0.25, 0.3) is 0 Å². The van der Waals surface area contributed by atoms with E-state index < -0.39 is 0 Å². The van der Waals surface area contributed by atoms with Gasteiger partial charge < -0.3 is 10.2 Å². The van der Waals surface area contributed by atoms with Crippen LogP contribution in [0.25, 0.3) is 0 Å². The molecule has 0 radical (unpaired) electrons. The molecule has 2 aromatic rings. The average molecular weight is 342 g/mol. The Kier molecular flexibility index (Phi) is 5.66. The van der Waals surface area contributed by atoms with Crippen molar-refractivity contribution in [2.75, 3.05) is 25.1 Å². The van der Waals surface area contributed by atoms with Crippen molar-refractivity contribution >= 4 is 11.7 Å². The first-order chi connectivity index (χ1) is 12.1. The number of anilines is 1. The van der Waals surface area contributed by atoms with Crippen LogP contribution in [-0.4, -0.2) is 30.7 Å². The second kappa shape index (κ2) is 8.12. The zero-order chi connectivity index (χ0) is 17.6. The normalized spacial score (nSPS) is 17.4. The van der Waals surface area contributed by atoms with Crippen LogP contribution in [0.3, 0.4) is 0 Å². The Hall–Kier alpha value is -2.40. The highest BCUT2D eigenvalue weighted by atomic mass is 19.1.